The fourth-order valence-corrected chi connectivity index (χ4v) is 12.7. The molecule has 1 heterocycles. The summed E-state index contributed by atoms with van der Waals surface area (Å²) in [4.78, 5) is 0. The smallest absolute Gasteiger partial charge is 0.200 e. The maximum Gasteiger partial charge on any atom is 0.200 e. The largest absolute Gasteiger partial charge is 0.413 e. The molecule has 0 N–H and O–H groups in total. The van der Waals surface area contributed by atoms with Crippen molar-refractivity contribution in [3.63, 3.8) is 0 Å². The summed E-state index contributed by atoms with van der Waals surface area (Å²) in [5, 5.41) is 10.0. The molecule has 3 aromatic rings. The molecule has 3 rings (SSSR count). The van der Waals surface area contributed by atoms with Gasteiger partial charge in [0, 0.05) is 12.5 Å². The molecule has 0 spiro atoms. The minimum Gasteiger partial charge on any atom is -0.413 e. The molecule has 0 amide bonds. The van der Waals surface area contributed by atoms with Crippen molar-refractivity contribution in [2.24, 2.45) is 0 Å². The number of ether oxygens (including phenoxy) is 2. The molecule has 8 heteroatoms. The van der Waals surface area contributed by atoms with Gasteiger partial charge >= 0.3 is 0 Å². The van der Waals surface area contributed by atoms with Crippen LogP contribution in [-0.4, -0.2) is 40.0 Å². The SMILES string of the molecule is CC(C)[Si](OC[C@@H](OCc1ccccc1)[C@H](CC#Cn1c(C#N)ccc1CO[Si](C)(C)C(C)(C)C)OCc1ccccc1)(C(C)C)C(C)C. The second-order valence-corrected chi connectivity index (χ2v) is 25.8. The van der Waals surface area contributed by atoms with Crippen molar-refractivity contribution in [1.82, 2.24) is 4.57 Å². The molecule has 2 aromatic carbocycles. The zero-order valence-corrected chi connectivity index (χ0v) is 33.9. The van der Waals surface area contributed by atoms with E-state index in [1.807, 2.05) is 48.5 Å². The second kappa shape index (κ2) is 18.3. The predicted molar refractivity (Wildman–Crippen MR) is 206 cm³/mol. The maximum atomic E-state index is 9.93. The standard InChI is InChI=1S/C41H60N2O4Si2/c1-32(2)49(33(3)4,34(5)6)47-31-40(45-29-36-21-16-13-17-22-36)39(44-28-35-19-14-12-15-20-35)23-18-26-43-37(27-42)24-25-38(43)30-46-48(10,11)41(7,8)9/h12-17,19-22,24-25,32-34,39-40H,23,28-31H2,1-11H3/t39-,40+/m0/s1. The van der Waals surface area contributed by atoms with Crippen LogP contribution in [0, 0.1) is 23.3 Å². The first-order chi connectivity index (χ1) is 23.1. The Morgan fingerprint density at radius 2 is 1.20 bits per heavy atom. The summed E-state index contributed by atoms with van der Waals surface area (Å²) < 4.78 is 28.8. The van der Waals surface area contributed by atoms with Gasteiger partial charge in [-0.25, -0.2) is 0 Å². The molecule has 0 saturated heterocycles. The highest BCUT2D eigenvalue weighted by molar-refractivity contribution is 6.77. The van der Waals surface area contributed by atoms with Crippen molar-refractivity contribution in [3.05, 3.63) is 95.3 Å². The average Bonchev–Trinajstić information content (AvgIpc) is 3.45. The first-order valence-electron chi connectivity index (χ1n) is 17.8. The molecule has 2 atom stereocenters. The van der Waals surface area contributed by atoms with E-state index in [0.29, 0.717) is 55.2 Å². The van der Waals surface area contributed by atoms with Crippen LogP contribution in [0.15, 0.2) is 72.8 Å². The average molecular weight is 701 g/mol. The normalized spacial score (nSPS) is 13.7. The first-order valence-corrected chi connectivity index (χ1v) is 22.9. The fraction of sp³-hybridized carbons (Fsp3) is 0.537. The Morgan fingerprint density at radius 3 is 1.67 bits per heavy atom. The third-order valence-electron chi connectivity index (χ3n) is 10.2. The van der Waals surface area contributed by atoms with Crippen molar-refractivity contribution in [2.45, 2.75) is 136 Å². The third kappa shape index (κ3) is 11.0. The van der Waals surface area contributed by atoms with Crippen molar-refractivity contribution in [3.8, 4) is 18.0 Å². The Hall–Kier alpha value is -2.96. The van der Waals surface area contributed by atoms with Gasteiger partial charge in [-0.1, -0.05) is 129 Å². The molecule has 0 aliphatic rings. The maximum absolute atomic E-state index is 9.93. The van der Waals surface area contributed by atoms with Gasteiger partial charge in [-0.05, 0) is 58.0 Å². The number of benzene rings is 2. The number of hydrogen-bond donors (Lipinski definition) is 0. The van der Waals surface area contributed by atoms with Crippen LogP contribution in [0.4, 0.5) is 0 Å². The van der Waals surface area contributed by atoms with Crippen molar-refractivity contribution >= 4 is 16.6 Å². The van der Waals surface area contributed by atoms with E-state index in [9.17, 15) is 5.26 Å². The third-order valence-corrected chi connectivity index (χ3v) is 20.7. The van der Waals surface area contributed by atoms with Crippen LogP contribution in [0.3, 0.4) is 0 Å². The molecular weight excluding hydrogens is 641 g/mol. The van der Waals surface area contributed by atoms with E-state index in [4.69, 9.17) is 18.3 Å². The fourth-order valence-electron chi connectivity index (χ4n) is 6.35. The van der Waals surface area contributed by atoms with Crippen LogP contribution in [0.1, 0.15) is 91.2 Å². The topological polar surface area (TPSA) is 65.6 Å². The van der Waals surface area contributed by atoms with Crippen molar-refractivity contribution in [2.75, 3.05) is 6.61 Å². The molecule has 0 unspecified atom stereocenters. The summed E-state index contributed by atoms with van der Waals surface area (Å²) in [6, 6.07) is 29.8. The Balaban J connectivity index is 1.97. The van der Waals surface area contributed by atoms with E-state index in [0.717, 1.165) is 16.8 Å². The highest BCUT2D eigenvalue weighted by Crippen LogP contribution is 2.42. The van der Waals surface area contributed by atoms with Crippen LogP contribution in [0.5, 0.6) is 0 Å². The van der Waals surface area contributed by atoms with Gasteiger partial charge in [0.15, 0.2) is 16.6 Å². The highest BCUT2D eigenvalue weighted by atomic mass is 28.4. The van der Waals surface area contributed by atoms with E-state index < -0.39 is 16.6 Å². The monoisotopic (exact) mass is 700 g/mol. The molecule has 49 heavy (non-hydrogen) atoms. The molecule has 0 aliphatic carbocycles. The van der Waals surface area contributed by atoms with Gasteiger partial charge in [0.1, 0.15) is 17.9 Å². The van der Waals surface area contributed by atoms with Crippen molar-refractivity contribution in [1.29, 1.82) is 5.26 Å². The molecule has 0 saturated carbocycles. The van der Waals surface area contributed by atoms with Gasteiger partial charge in [-0.2, -0.15) is 5.26 Å². The molecule has 0 aliphatic heterocycles. The number of rotatable bonds is 17. The van der Waals surface area contributed by atoms with E-state index in [1.165, 1.54) is 0 Å². The van der Waals surface area contributed by atoms with Crippen LogP contribution in [0.2, 0.25) is 34.8 Å². The van der Waals surface area contributed by atoms with E-state index in [1.54, 1.807) is 4.57 Å². The summed E-state index contributed by atoms with van der Waals surface area (Å²) in [5.41, 5.74) is 4.86. The minimum atomic E-state index is -2.19. The Bertz CT molecular complexity index is 1500. The lowest BCUT2D eigenvalue weighted by Gasteiger charge is -2.43. The van der Waals surface area contributed by atoms with E-state index in [-0.39, 0.29) is 17.2 Å². The highest BCUT2D eigenvalue weighted by Gasteiger charge is 2.46. The van der Waals surface area contributed by atoms with Gasteiger partial charge in [-0.15, -0.1) is 0 Å². The number of nitrogens with zero attached hydrogens (tertiary/aromatic N) is 2. The van der Waals surface area contributed by atoms with Gasteiger partial charge in [0.25, 0.3) is 0 Å². The zero-order valence-electron chi connectivity index (χ0n) is 31.9. The summed E-state index contributed by atoms with van der Waals surface area (Å²) in [5.74, 6) is 3.38. The Labute approximate surface area is 299 Å². The molecule has 6 nitrogen and oxygen atoms in total. The lowest BCUT2D eigenvalue weighted by atomic mass is 10.1. The van der Waals surface area contributed by atoms with Gasteiger partial charge < -0.3 is 18.3 Å². The molecule has 0 radical (unpaired) electrons. The van der Waals surface area contributed by atoms with Gasteiger partial charge in [0.05, 0.1) is 38.2 Å². The number of aromatic nitrogens is 1. The molecular formula is C41H60N2O4Si2. The predicted octanol–water partition coefficient (Wildman–Crippen LogP) is 10.4. The minimum absolute atomic E-state index is 0.0788. The molecule has 0 fully saturated rings. The quantitative estimate of drug-likeness (QED) is 0.104. The number of nitriles is 1. The summed E-state index contributed by atoms with van der Waals surface area (Å²) in [7, 11) is -4.18. The van der Waals surface area contributed by atoms with Crippen molar-refractivity contribution < 1.29 is 18.3 Å². The van der Waals surface area contributed by atoms with Crippen LogP contribution in [-0.2, 0) is 38.1 Å². The van der Waals surface area contributed by atoms with Gasteiger partial charge in [0.2, 0.25) is 0 Å². The van der Waals surface area contributed by atoms with Crippen LogP contribution < -0.4 is 0 Å². The second-order valence-electron chi connectivity index (χ2n) is 15.5. The first kappa shape index (κ1) is 40.5. The zero-order chi connectivity index (χ0) is 36.2. The summed E-state index contributed by atoms with van der Waals surface area (Å²) in [6.45, 7) is 26.7. The lowest BCUT2D eigenvalue weighted by molar-refractivity contribution is -0.0997. The Kier molecular flexibility index (Phi) is 15.1. The summed E-state index contributed by atoms with van der Waals surface area (Å²) in [6.07, 6.45) is -0.327. The lowest BCUT2D eigenvalue weighted by Crippen LogP contribution is -2.50. The number of hydrogen-bond acceptors (Lipinski definition) is 5. The molecule has 0 bridgehead atoms. The van der Waals surface area contributed by atoms with E-state index >= 15 is 0 Å². The Morgan fingerprint density at radius 1 is 0.694 bits per heavy atom. The molecule has 266 valence electrons. The van der Waals surface area contributed by atoms with Crippen LogP contribution >= 0.6 is 0 Å². The van der Waals surface area contributed by atoms with Gasteiger partial charge in [-0.3, -0.25) is 4.57 Å². The van der Waals surface area contributed by atoms with Crippen LogP contribution in [0.25, 0.3) is 0 Å². The van der Waals surface area contributed by atoms with E-state index in [2.05, 4.69) is 118 Å². The molecule has 1 aromatic heterocycles. The summed E-state index contributed by atoms with van der Waals surface area (Å²) >= 11 is 0.